The lowest BCUT2D eigenvalue weighted by Crippen LogP contribution is -2.06. The quantitative estimate of drug-likeness (QED) is 0.361. The zero-order valence-corrected chi connectivity index (χ0v) is 19.5. The topological polar surface area (TPSA) is 112 Å². The monoisotopic (exact) mass is 491 g/mol. The van der Waals surface area contributed by atoms with E-state index < -0.39 is 9.84 Å². The van der Waals surface area contributed by atoms with Crippen molar-refractivity contribution in [3.8, 4) is 5.75 Å². The van der Waals surface area contributed by atoms with Crippen LogP contribution in [-0.2, 0) is 9.84 Å². The van der Waals surface area contributed by atoms with Crippen LogP contribution >= 0.6 is 11.6 Å². The zero-order chi connectivity index (χ0) is 23.9. The van der Waals surface area contributed by atoms with Gasteiger partial charge >= 0.3 is 0 Å². The van der Waals surface area contributed by atoms with Gasteiger partial charge in [-0.25, -0.2) is 18.4 Å². The number of anilines is 1. The Kier molecular flexibility index (Phi) is 5.43. The average molecular weight is 492 g/mol. The van der Waals surface area contributed by atoms with Crippen molar-refractivity contribution < 1.29 is 13.2 Å². The number of ether oxygens (including phenoxy) is 1. The van der Waals surface area contributed by atoms with E-state index in [1.807, 2.05) is 24.3 Å². The summed E-state index contributed by atoms with van der Waals surface area (Å²) in [4.78, 5) is 9.03. The fraction of sp³-hybridized carbons (Fsp3) is 0.0417. The Labute approximate surface area is 200 Å². The predicted octanol–water partition coefficient (Wildman–Crippen LogP) is 4.54. The van der Waals surface area contributed by atoms with E-state index in [9.17, 15) is 8.42 Å². The van der Waals surface area contributed by atoms with Gasteiger partial charge in [-0.1, -0.05) is 41.9 Å². The molecule has 0 aliphatic carbocycles. The number of aromatic nitrogens is 3. The van der Waals surface area contributed by atoms with Gasteiger partial charge in [0.1, 0.15) is 22.0 Å². The standard InChI is InChI=1S/C24H18ClN5O3S/c1-33-20-12-5-2-7-15(20)14-27-30-23(26)22(34(31,32)17-9-6-8-16(25)13-17)21-24(30)29-19-11-4-3-10-18(19)28-21/h2-14H,26H2,1H3. The first kappa shape index (κ1) is 21.9. The van der Waals surface area contributed by atoms with Gasteiger partial charge in [0.2, 0.25) is 9.84 Å². The molecular weight excluding hydrogens is 474 g/mol. The molecule has 0 unspecified atom stereocenters. The first-order valence-corrected chi connectivity index (χ1v) is 12.0. The van der Waals surface area contributed by atoms with Crippen LogP contribution in [0.4, 0.5) is 5.82 Å². The summed E-state index contributed by atoms with van der Waals surface area (Å²) in [6.07, 6.45) is 1.53. The molecule has 10 heteroatoms. The molecular formula is C24H18ClN5O3S. The highest BCUT2D eigenvalue weighted by molar-refractivity contribution is 7.92. The summed E-state index contributed by atoms with van der Waals surface area (Å²) in [7, 11) is -2.54. The molecule has 0 radical (unpaired) electrons. The van der Waals surface area contributed by atoms with Crippen LogP contribution in [0, 0.1) is 0 Å². The van der Waals surface area contributed by atoms with Crippen LogP contribution in [0.2, 0.25) is 5.02 Å². The van der Waals surface area contributed by atoms with Gasteiger partial charge in [-0.3, -0.25) is 0 Å². The summed E-state index contributed by atoms with van der Waals surface area (Å²) in [6.45, 7) is 0. The van der Waals surface area contributed by atoms with E-state index in [-0.39, 0.29) is 31.8 Å². The Hall–Kier alpha value is -3.95. The molecule has 0 aliphatic heterocycles. The molecule has 0 amide bonds. The van der Waals surface area contributed by atoms with Crippen molar-refractivity contribution in [3.63, 3.8) is 0 Å². The number of fused-ring (bicyclic) bond motifs is 2. The molecule has 0 atom stereocenters. The molecule has 0 saturated heterocycles. The first-order chi connectivity index (χ1) is 16.4. The minimum atomic E-state index is -4.09. The van der Waals surface area contributed by atoms with Crippen molar-refractivity contribution >= 4 is 55.7 Å². The second kappa shape index (κ2) is 8.44. The van der Waals surface area contributed by atoms with Crippen molar-refractivity contribution in [1.82, 2.24) is 14.6 Å². The summed E-state index contributed by atoms with van der Waals surface area (Å²) >= 11 is 6.06. The van der Waals surface area contributed by atoms with Crippen molar-refractivity contribution in [2.24, 2.45) is 5.10 Å². The number of nitrogen functional groups attached to an aromatic ring is 1. The Morgan fingerprint density at radius 3 is 2.44 bits per heavy atom. The van der Waals surface area contributed by atoms with Crippen LogP contribution in [0.3, 0.4) is 0 Å². The normalized spacial score (nSPS) is 12.1. The molecule has 2 aromatic heterocycles. The number of hydrogen-bond donors (Lipinski definition) is 1. The molecule has 2 heterocycles. The lowest BCUT2D eigenvalue weighted by molar-refractivity contribution is 0.414. The van der Waals surface area contributed by atoms with E-state index in [2.05, 4.69) is 15.1 Å². The van der Waals surface area contributed by atoms with Gasteiger partial charge in [-0.2, -0.15) is 9.78 Å². The lowest BCUT2D eigenvalue weighted by Gasteiger charge is -2.06. The molecule has 5 rings (SSSR count). The second-order valence-electron chi connectivity index (χ2n) is 7.36. The highest BCUT2D eigenvalue weighted by atomic mass is 35.5. The van der Waals surface area contributed by atoms with Crippen molar-refractivity contribution in [3.05, 3.63) is 83.4 Å². The number of benzene rings is 3. The smallest absolute Gasteiger partial charge is 0.212 e. The van der Waals surface area contributed by atoms with Crippen LogP contribution in [0.25, 0.3) is 22.2 Å². The van der Waals surface area contributed by atoms with Crippen molar-refractivity contribution in [1.29, 1.82) is 0 Å². The predicted molar refractivity (Wildman–Crippen MR) is 132 cm³/mol. The lowest BCUT2D eigenvalue weighted by atomic mass is 10.2. The summed E-state index contributed by atoms with van der Waals surface area (Å²) in [5, 5.41) is 4.74. The summed E-state index contributed by atoms with van der Waals surface area (Å²) in [6, 6.07) is 20.4. The maximum absolute atomic E-state index is 13.7. The molecule has 0 fully saturated rings. The Morgan fingerprint density at radius 2 is 1.71 bits per heavy atom. The Morgan fingerprint density at radius 1 is 1.00 bits per heavy atom. The van der Waals surface area contributed by atoms with Gasteiger partial charge in [0.05, 0.1) is 29.3 Å². The van der Waals surface area contributed by atoms with E-state index in [1.165, 1.54) is 23.0 Å². The fourth-order valence-corrected chi connectivity index (χ4v) is 5.43. The van der Waals surface area contributed by atoms with Crippen LogP contribution in [0.1, 0.15) is 5.56 Å². The molecule has 0 spiro atoms. The summed E-state index contributed by atoms with van der Waals surface area (Å²) < 4.78 is 34.0. The number of halogens is 1. The van der Waals surface area contributed by atoms with Gasteiger partial charge in [0.15, 0.2) is 5.65 Å². The number of rotatable bonds is 5. The van der Waals surface area contributed by atoms with Crippen molar-refractivity contribution in [2.45, 2.75) is 9.79 Å². The average Bonchev–Trinajstić information content (AvgIpc) is 3.12. The Bertz CT molecular complexity index is 1700. The fourth-order valence-electron chi connectivity index (χ4n) is 3.65. The van der Waals surface area contributed by atoms with Crippen molar-refractivity contribution in [2.75, 3.05) is 12.8 Å². The number of para-hydroxylation sites is 3. The summed E-state index contributed by atoms with van der Waals surface area (Å²) in [5.74, 6) is 0.487. The van der Waals surface area contributed by atoms with E-state index in [0.29, 0.717) is 22.3 Å². The van der Waals surface area contributed by atoms with E-state index in [4.69, 9.17) is 22.1 Å². The highest BCUT2D eigenvalue weighted by Crippen LogP contribution is 2.35. The number of sulfone groups is 1. The van der Waals surface area contributed by atoms with Crippen LogP contribution in [0.5, 0.6) is 5.75 Å². The van der Waals surface area contributed by atoms with Gasteiger partial charge in [-0.05, 0) is 42.5 Å². The third-order valence-electron chi connectivity index (χ3n) is 5.25. The number of nitrogens with two attached hydrogens (primary N) is 1. The van der Waals surface area contributed by atoms with E-state index >= 15 is 0 Å². The molecule has 170 valence electrons. The first-order valence-electron chi connectivity index (χ1n) is 10.1. The minimum absolute atomic E-state index is 0.00517. The maximum atomic E-state index is 13.7. The summed E-state index contributed by atoms with van der Waals surface area (Å²) in [5.41, 5.74) is 8.52. The van der Waals surface area contributed by atoms with Gasteiger partial charge in [0, 0.05) is 10.6 Å². The molecule has 0 bridgehead atoms. The van der Waals surface area contributed by atoms with Gasteiger partial charge in [-0.15, -0.1) is 0 Å². The third-order valence-corrected chi connectivity index (χ3v) is 7.30. The molecule has 5 aromatic rings. The number of hydrogen-bond acceptors (Lipinski definition) is 7. The van der Waals surface area contributed by atoms with Gasteiger partial charge in [0.25, 0.3) is 0 Å². The maximum Gasteiger partial charge on any atom is 0.212 e. The second-order valence-corrected chi connectivity index (χ2v) is 9.68. The van der Waals surface area contributed by atoms with Gasteiger partial charge < -0.3 is 10.5 Å². The number of methoxy groups -OCH3 is 1. The molecule has 8 nitrogen and oxygen atoms in total. The third kappa shape index (κ3) is 3.64. The molecule has 0 saturated carbocycles. The molecule has 3 aromatic carbocycles. The zero-order valence-electron chi connectivity index (χ0n) is 17.9. The van der Waals surface area contributed by atoms with Crippen LogP contribution in [-0.4, -0.2) is 36.4 Å². The molecule has 0 aliphatic rings. The minimum Gasteiger partial charge on any atom is -0.496 e. The molecule has 2 N–H and O–H groups in total. The number of nitrogens with zero attached hydrogens (tertiary/aromatic N) is 4. The molecule has 34 heavy (non-hydrogen) atoms. The largest absolute Gasteiger partial charge is 0.496 e. The highest BCUT2D eigenvalue weighted by Gasteiger charge is 2.30. The van der Waals surface area contributed by atoms with Crippen LogP contribution in [0.15, 0.2) is 87.7 Å². The Balaban J connectivity index is 1.80. The van der Waals surface area contributed by atoms with E-state index in [0.717, 1.165) is 0 Å². The SMILES string of the molecule is COc1ccccc1C=Nn1c(N)c(S(=O)(=O)c2cccc(Cl)c2)c2nc3ccccc3nc21. The van der Waals surface area contributed by atoms with E-state index in [1.54, 1.807) is 43.5 Å². The van der Waals surface area contributed by atoms with Crippen LogP contribution < -0.4 is 10.5 Å².